The third kappa shape index (κ3) is 30.1. The van der Waals surface area contributed by atoms with Gasteiger partial charge in [0.25, 0.3) is 0 Å². The van der Waals surface area contributed by atoms with E-state index in [1.54, 1.807) is 0 Å². The molecule has 0 aliphatic carbocycles. The third-order valence-corrected chi connectivity index (χ3v) is 6.53. The van der Waals surface area contributed by atoms with E-state index in [1.165, 1.54) is 0 Å². The highest BCUT2D eigenvalue weighted by atomic mass is 19.2. The van der Waals surface area contributed by atoms with Gasteiger partial charge in [0.15, 0.2) is 0 Å². The van der Waals surface area contributed by atoms with E-state index in [4.69, 9.17) is 66.7 Å². The molecule has 0 amide bonds. The Balaban J connectivity index is 1.70. The standard InChI is InChI=1S/C35H55F5O17/c36-30-31(37)33(39)35(34(40)32(30)38)57-29(43)1-2-44-3-4-45-5-6-46-7-8-47-9-10-48-11-12-49-13-14-50-15-16-51-17-18-52-19-20-53-21-22-54-23-24-55-25-26-56-27-28(41)42/h1-27H2,(H,41,42). The number of hydrogen-bond donors (Lipinski definition) is 1. The van der Waals surface area contributed by atoms with Crippen molar-refractivity contribution in [2.75, 3.05) is 172 Å². The van der Waals surface area contributed by atoms with E-state index in [0.29, 0.717) is 132 Å². The van der Waals surface area contributed by atoms with Crippen LogP contribution in [-0.2, 0) is 71.2 Å². The first-order chi connectivity index (χ1) is 27.8. The van der Waals surface area contributed by atoms with Crippen LogP contribution in [0.25, 0.3) is 0 Å². The number of carboxylic acid groups (broad SMARTS) is 1. The molecule has 17 nitrogen and oxygen atoms in total. The number of halogens is 5. The predicted molar refractivity (Wildman–Crippen MR) is 185 cm³/mol. The molecular formula is C35H55F5O17. The highest BCUT2D eigenvalue weighted by Crippen LogP contribution is 2.29. The van der Waals surface area contributed by atoms with Crippen LogP contribution in [0.1, 0.15) is 6.42 Å². The van der Waals surface area contributed by atoms with Gasteiger partial charge in [0.05, 0.1) is 172 Å². The molecule has 0 saturated carbocycles. The lowest BCUT2D eigenvalue weighted by Gasteiger charge is -2.09. The first-order valence-corrected chi connectivity index (χ1v) is 18.2. The summed E-state index contributed by atoms with van der Waals surface area (Å²) in [6, 6.07) is 0. The van der Waals surface area contributed by atoms with Gasteiger partial charge in [-0.15, -0.1) is 0 Å². The van der Waals surface area contributed by atoms with Crippen molar-refractivity contribution in [3.63, 3.8) is 0 Å². The molecule has 1 aromatic rings. The molecule has 0 aromatic heterocycles. The zero-order chi connectivity index (χ0) is 41.6. The van der Waals surface area contributed by atoms with E-state index in [-0.39, 0.29) is 39.6 Å². The molecule has 57 heavy (non-hydrogen) atoms. The molecule has 1 aromatic carbocycles. The van der Waals surface area contributed by atoms with E-state index in [0.717, 1.165) is 0 Å². The van der Waals surface area contributed by atoms with Crippen LogP contribution >= 0.6 is 0 Å². The number of benzene rings is 1. The van der Waals surface area contributed by atoms with Crippen LogP contribution in [0.4, 0.5) is 22.0 Å². The number of rotatable bonds is 42. The first kappa shape index (κ1) is 52.3. The number of esters is 1. The van der Waals surface area contributed by atoms with Crippen LogP contribution in [0.5, 0.6) is 5.75 Å². The average Bonchev–Trinajstić information content (AvgIpc) is 3.20. The summed E-state index contributed by atoms with van der Waals surface area (Å²) in [4.78, 5) is 21.9. The van der Waals surface area contributed by atoms with E-state index in [1.807, 2.05) is 0 Å². The van der Waals surface area contributed by atoms with Crippen LogP contribution in [0.2, 0.25) is 0 Å². The normalized spacial score (nSPS) is 11.5. The highest BCUT2D eigenvalue weighted by Gasteiger charge is 2.28. The maximum absolute atomic E-state index is 13.6. The molecule has 0 radical (unpaired) electrons. The van der Waals surface area contributed by atoms with Crippen molar-refractivity contribution in [2.45, 2.75) is 6.42 Å². The maximum atomic E-state index is 13.6. The Labute approximate surface area is 328 Å². The minimum atomic E-state index is -2.35. The summed E-state index contributed by atoms with van der Waals surface area (Å²) < 4.78 is 140. The van der Waals surface area contributed by atoms with Crippen LogP contribution < -0.4 is 4.74 Å². The Morgan fingerprint density at radius 1 is 0.333 bits per heavy atom. The molecule has 0 saturated heterocycles. The Bertz CT molecular complexity index is 1130. The van der Waals surface area contributed by atoms with Crippen molar-refractivity contribution in [3.8, 4) is 5.75 Å². The molecule has 0 unspecified atom stereocenters. The van der Waals surface area contributed by atoms with Crippen LogP contribution in [-0.4, -0.2) is 189 Å². The average molecular weight is 843 g/mol. The van der Waals surface area contributed by atoms with Crippen molar-refractivity contribution >= 4 is 11.9 Å². The second-order valence-electron chi connectivity index (χ2n) is 10.9. The Hall–Kier alpha value is -2.71. The monoisotopic (exact) mass is 842 g/mol. The summed E-state index contributed by atoms with van der Waals surface area (Å²) >= 11 is 0. The van der Waals surface area contributed by atoms with Crippen LogP contribution in [0.15, 0.2) is 0 Å². The van der Waals surface area contributed by atoms with Gasteiger partial charge in [-0.25, -0.2) is 18.0 Å². The lowest BCUT2D eigenvalue weighted by Crippen LogP contribution is -2.16. The minimum absolute atomic E-state index is 0.0719. The molecule has 0 spiro atoms. The fourth-order valence-electron chi connectivity index (χ4n) is 3.79. The molecule has 0 aliphatic rings. The fraction of sp³-hybridized carbons (Fsp3) is 0.771. The first-order valence-electron chi connectivity index (χ1n) is 18.2. The zero-order valence-corrected chi connectivity index (χ0v) is 32.0. The smallest absolute Gasteiger partial charge is 0.329 e. The maximum Gasteiger partial charge on any atom is 0.329 e. The van der Waals surface area contributed by atoms with Gasteiger partial charge in [-0.1, -0.05) is 0 Å². The van der Waals surface area contributed by atoms with Crippen molar-refractivity contribution in [1.29, 1.82) is 0 Å². The van der Waals surface area contributed by atoms with Crippen LogP contribution in [0.3, 0.4) is 0 Å². The molecule has 0 heterocycles. The number of hydrogen-bond acceptors (Lipinski definition) is 16. The predicted octanol–water partition coefficient (Wildman–Crippen LogP) is 1.98. The number of carbonyl (C=O) groups is 2. The second-order valence-corrected chi connectivity index (χ2v) is 10.9. The summed E-state index contributed by atoms with van der Waals surface area (Å²) in [6.45, 7) is 8.25. The van der Waals surface area contributed by atoms with Crippen molar-refractivity contribution in [1.82, 2.24) is 0 Å². The van der Waals surface area contributed by atoms with Gasteiger partial charge in [-0.2, -0.15) is 8.78 Å². The number of carboxylic acids is 1. The largest absolute Gasteiger partial charge is 0.480 e. The zero-order valence-electron chi connectivity index (χ0n) is 32.0. The van der Waals surface area contributed by atoms with Crippen molar-refractivity contribution < 1.29 is 103 Å². The van der Waals surface area contributed by atoms with E-state index in [2.05, 4.69) is 4.74 Å². The fourth-order valence-corrected chi connectivity index (χ4v) is 3.79. The highest BCUT2D eigenvalue weighted by molar-refractivity contribution is 5.72. The van der Waals surface area contributed by atoms with Gasteiger partial charge in [-0.05, 0) is 0 Å². The van der Waals surface area contributed by atoms with Gasteiger partial charge in [-0.3, -0.25) is 4.79 Å². The molecule has 0 atom stereocenters. The molecule has 0 aliphatic heterocycles. The summed E-state index contributed by atoms with van der Waals surface area (Å²) in [6.07, 6.45) is -0.494. The molecule has 332 valence electrons. The molecule has 0 fully saturated rings. The third-order valence-electron chi connectivity index (χ3n) is 6.53. The number of ether oxygens (including phenoxy) is 14. The Kier molecular flexibility index (Phi) is 34.5. The summed E-state index contributed by atoms with van der Waals surface area (Å²) in [5, 5.41) is 8.43. The van der Waals surface area contributed by atoms with E-state index >= 15 is 0 Å². The van der Waals surface area contributed by atoms with Gasteiger partial charge >= 0.3 is 11.9 Å². The number of carbonyl (C=O) groups excluding carboxylic acids is 1. The van der Waals surface area contributed by atoms with Gasteiger partial charge < -0.3 is 71.4 Å². The Morgan fingerprint density at radius 2 is 0.544 bits per heavy atom. The topological polar surface area (TPSA) is 184 Å². The van der Waals surface area contributed by atoms with E-state index in [9.17, 15) is 31.5 Å². The molecule has 1 rings (SSSR count). The van der Waals surface area contributed by atoms with E-state index < -0.39 is 53.2 Å². The molecule has 1 N–H and O–H groups in total. The van der Waals surface area contributed by atoms with Crippen LogP contribution in [0, 0.1) is 29.1 Å². The number of aliphatic carboxylic acids is 1. The minimum Gasteiger partial charge on any atom is -0.480 e. The SMILES string of the molecule is O=C(O)COCCOCCOCCOCCOCCOCCOCCOCCOCCOCCOCCOCCOCCC(=O)Oc1c(F)c(F)c(F)c(F)c1F. The quantitative estimate of drug-likeness (QED) is 0.0252. The molecular weight excluding hydrogens is 787 g/mol. The van der Waals surface area contributed by atoms with Gasteiger partial charge in [0, 0.05) is 0 Å². The summed E-state index contributed by atoms with van der Waals surface area (Å²) in [5.74, 6) is -15.2. The molecule has 0 bridgehead atoms. The van der Waals surface area contributed by atoms with Crippen molar-refractivity contribution in [3.05, 3.63) is 29.1 Å². The lowest BCUT2D eigenvalue weighted by molar-refractivity contribution is -0.142. The Morgan fingerprint density at radius 3 is 0.789 bits per heavy atom. The van der Waals surface area contributed by atoms with Gasteiger partial charge in [0.2, 0.25) is 34.8 Å². The van der Waals surface area contributed by atoms with Gasteiger partial charge in [0.1, 0.15) is 6.61 Å². The molecule has 22 heteroatoms. The summed E-state index contributed by atoms with van der Waals surface area (Å²) in [5.41, 5.74) is 0. The second kappa shape index (κ2) is 37.6. The lowest BCUT2D eigenvalue weighted by atomic mass is 10.2. The summed E-state index contributed by atoms with van der Waals surface area (Å²) in [7, 11) is 0. The van der Waals surface area contributed by atoms with Crippen molar-refractivity contribution in [2.24, 2.45) is 0 Å².